The van der Waals surface area contributed by atoms with Gasteiger partial charge in [0.2, 0.25) is 0 Å². The molecule has 0 saturated carbocycles. The molecule has 3 N–H and O–H groups in total. The Morgan fingerprint density at radius 3 is 2.63 bits per heavy atom. The van der Waals surface area contributed by atoms with E-state index in [0.717, 1.165) is 25.9 Å². The maximum atomic E-state index is 11.7. The van der Waals surface area contributed by atoms with Crippen LogP contribution in [0.2, 0.25) is 0 Å². The molecule has 0 bridgehead atoms. The first kappa shape index (κ1) is 15.8. The Hall–Kier alpha value is -1.30. The zero-order valence-electron chi connectivity index (χ0n) is 11.9. The first-order valence-corrected chi connectivity index (χ1v) is 6.70. The van der Waals surface area contributed by atoms with Crippen molar-refractivity contribution in [3.05, 3.63) is 0 Å². The maximum absolute atomic E-state index is 11.7. The third kappa shape index (κ3) is 6.42. The van der Waals surface area contributed by atoms with E-state index >= 15 is 0 Å². The smallest absolute Gasteiger partial charge is 0.407 e. The predicted molar refractivity (Wildman–Crippen MR) is 71.0 cm³/mol. The molecule has 110 valence electrons. The molecule has 6 heteroatoms. The van der Waals surface area contributed by atoms with Gasteiger partial charge in [0.15, 0.2) is 0 Å². The lowest BCUT2D eigenvalue weighted by Crippen LogP contribution is -2.48. The van der Waals surface area contributed by atoms with Crippen molar-refractivity contribution < 1.29 is 19.4 Å². The highest BCUT2D eigenvalue weighted by atomic mass is 16.6. The molecule has 0 aromatic carbocycles. The summed E-state index contributed by atoms with van der Waals surface area (Å²) in [6.07, 6.45) is 1.28. The van der Waals surface area contributed by atoms with E-state index in [-0.39, 0.29) is 18.4 Å². The molecule has 1 aliphatic heterocycles. The van der Waals surface area contributed by atoms with E-state index in [1.54, 1.807) is 20.8 Å². The number of hydrogen-bond acceptors (Lipinski definition) is 4. The van der Waals surface area contributed by atoms with Crippen molar-refractivity contribution >= 4 is 12.1 Å². The van der Waals surface area contributed by atoms with Gasteiger partial charge in [-0.3, -0.25) is 4.79 Å². The molecule has 6 nitrogen and oxygen atoms in total. The highest BCUT2D eigenvalue weighted by Crippen LogP contribution is 2.18. The fraction of sp³-hybridized carbons (Fsp3) is 0.846. The number of carbonyl (C=O) groups excluding carboxylic acids is 1. The Kier molecular flexibility index (Phi) is 5.60. The second-order valence-corrected chi connectivity index (χ2v) is 5.96. The van der Waals surface area contributed by atoms with Crippen molar-refractivity contribution in [3.8, 4) is 0 Å². The van der Waals surface area contributed by atoms with Crippen molar-refractivity contribution in [1.29, 1.82) is 0 Å². The Morgan fingerprint density at radius 1 is 1.47 bits per heavy atom. The van der Waals surface area contributed by atoms with Crippen LogP contribution in [-0.2, 0) is 9.53 Å². The third-order valence-corrected chi connectivity index (χ3v) is 3.00. The van der Waals surface area contributed by atoms with Crippen LogP contribution in [0.5, 0.6) is 0 Å². The number of amides is 1. The zero-order chi connectivity index (χ0) is 14.5. The number of ether oxygens (including phenoxy) is 1. The largest absolute Gasteiger partial charge is 0.481 e. The van der Waals surface area contributed by atoms with E-state index in [2.05, 4.69) is 10.6 Å². The van der Waals surface area contributed by atoms with Crippen LogP contribution in [0.15, 0.2) is 0 Å². The summed E-state index contributed by atoms with van der Waals surface area (Å²) in [5.74, 6) is -0.774. The van der Waals surface area contributed by atoms with Crippen LogP contribution in [0.4, 0.5) is 4.79 Å². The maximum Gasteiger partial charge on any atom is 0.407 e. The van der Waals surface area contributed by atoms with Gasteiger partial charge < -0.3 is 20.5 Å². The normalized spacial score (nSPS) is 21.5. The lowest BCUT2D eigenvalue weighted by molar-refractivity contribution is -0.137. The number of rotatable bonds is 4. The molecular weight excluding hydrogens is 248 g/mol. The molecule has 19 heavy (non-hydrogen) atoms. The lowest BCUT2D eigenvalue weighted by atomic mass is 9.90. The van der Waals surface area contributed by atoms with Crippen molar-refractivity contribution in [1.82, 2.24) is 10.6 Å². The van der Waals surface area contributed by atoms with Crippen LogP contribution in [0.1, 0.15) is 40.0 Å². The van der Waals surface area contributed by atoms with E-state index < -0.39 is 17.7 Å². The number of aliphatic carboxylic acids is 1. The van der Waals surface area contributed by atoms with E-state index in [9.17, 15) is 9.59 Å². The number of carboxylic acids is 1. The van der Waals surface area contributed by atoms with Crippen molar-refractivity contribution in [2.45, 2.75) is 51.7 Å². The summed E-state index contributed by atoms with van der Waals surface area (Å²) in [5.41, 5.74) is -0.581. The molecule has 2 atom stereocenters. The minimum absolute atomic E-state index is 0.0778. The van der Waals surface area contributed by atoms with Crippen LogP contribution >= 0.6 is 0 Å². The Bertz CT molecular complexity index is 319. The highest BCUT2D eigenvalue weighted by Gasteiger charge is 2.28. The molecule has 1 heterocycles. The molecule has 0 radical (unpaired) electrons. The molecule has 1 amide bonds. The number of carbonyl (C=O) groups is 2. The van der Waals surface area contributed by atoms with Gasteiger partial charge in [-0.15, -0.1) is 0 Å². The number of hydrogen-bond donors (Lipinski definition) is 3. The van der Waals surface area contributed by atoms with E-state index in [0.29, 0.717) is 0 Å². The summed E-state index contributed by atoms with van der Waals surface area (Å²) in [6.45, 7) is 7.01. The molecular formula is C13H24N2O4. The molecule has 1 rings (SSSR count). The second kappa shape index (κ2) is 6.75. The molecule has 0 spiro atoms. The van der Waals surface area contributed by atoms with E-state index in [4.69, 9.17) is 9.84 Å². The molecule has 0 unspecified atom stereocenters. The molecule has 0 aliphatic carbocycles. The Labute approximate surface area is 113 Å². The van der Waals surface area contributed by atoms with E-state index in [1.165, 1.54) is 0 Å². The van der Waals surface area contributed by atoms with Crippen LogP contribution < -0.4 is 10.6 Å². The number of nitrogens with one attached hydrogen (secondary N) is 2. The molecule has 0 aromatic heterocycles. The van der Waals surface area contributed by atoms with Gasteiger partial charge in [-0.25, -0.2) is 4.79 Å². The van der Waals surface area contributed by atoms with Crippen molar-refractivity contribution in [3.63, 3.8) is 0 Å². The average Bonchev–Trinajstić information content (AvgIpc) is 2.26. The molecule has 1 fully saturated rings. The molecule has 1 saturated heterocycles. The van der Waals surface area contributed by atoms with Gasteiger partial charge in [-0.05, 0) is 52.6 Å². The van der Waals surface area contributed by atoms with Crippen molar-refractivity contribution in [2.24, 2.45) is 5.92 Å². The standard InChI is InChI=1S/C13H24N2O4/c1-13(2,3)19-12(18)15-10(7-11(16)17)9-5-4-6-14-8-9/h9-10,14H,4-8H2,1-3H3,(H,15,18)(H,16,17)/t9-,10+/m1/s1. The van der Waals surface area contributed by atoms with Gasteiger partial charge in [0.1, 0.15) is 5.60 Å². The average molecular weight is 272 g/mol. The fourth-order valence-electron chi connectivity index (χ4n) is 2.20. The summed E-state index contributed by atoms with van der Waals surface area (Å²) in [6, 6.07) is -0.389. The highest BCUT2D eigenvalue weighted by molar-refractivity contribution is 5.71. The zero-order valence-corrected chi connectivity index (χ0v) is 11.9. The number of piperidine rings is 1. The first-order chi connectivity index (χ1) is 8.78. The van der Waals surface area contributed by atoms with Gasteiger partial charge in [0.05, 0.1) is 6.42 Å². The Balaban J connectivity index is 2.58. The van der Waals surface area contributed by atoms with Gasteiger partial charge in [0, 0.05) is 6.04 Å². The van der Waals surface area contributed by atoms with Crippen LogP contribution in [-0.4, -0.2) is 41.9 Å². The first-order valence-electron chi connectivity index (χ1n) is 6.70. The van der Waals surface area contributed by atoms with Crippen LogP contribution in [0.3, 0.4) is 0 Å². The van der Waals surface area contributed by atoms with Gasteiger partial charge in [0.25, 0.3) is 0 Å². The summed E-state index contributed by atoms with van der Waals surface area (Å²) in [5, 5.41) is 14.9. The topological polar surface area (TPSA) is 87.7 Å². The fourth-order valence-corrected chi connectivity index (χ4v) is 2.20. The van der Waals surface area contributed by atoms with Crippen LogP contribution in [0.25, 0.3) is 0 Å². The lowest BCUT2D eigenvalue weighted by Gasteiger charge is -2.31. The van der Waals surface area contributed by atoms with Crippen LogP contribution in [0, 0.1) is 5.92 Å². The second-order valence-electron chi connectivity index (χ2n) is 5.96. The number of carboxylic acid groups (broad SMARTS) is 1. The van der Waals surface area contributed by atoms with Crippen molar-refractivity contribution in [2.75, 3.05) is 13.1 Å². The van der Waals surface area contributed by atoms with Gasteiger partial charge >= 0.3 is 12.1 Å². The SMILES string of the molecule is CC(C)(C)OC(=O)N[C@@H](CC(=O)O)[C@@H]1CCCNC1. The molecule has 1 aliphatic rings. The summed E-state index contributed by atoms with van der Waals surface area (Å²) < 4.78 is 5.18. The van der Waals surface area contributed by atoms with Gasteiger partial charge in [-0.2, -0.15) is 0 Å². The quantitative estimate of drug-likeness (QED) is 0.719. The number of alkyl carbamates (subject to hydrolysis) is 1. The summed E-state index contributed by atoms with van der Waals surface area (Å²) in [7, 11) is 0. The van der Waals surface area contributed by atoms with E-state index in [1.807, 2.05) is 0 Å². The van der Waals surface area contributed by atoms with Gasteiger partial charge in [-0.1, -0.05) is 0 Å². The summed E-state index contributed by atoms with van der Waals surface area (Å²) in [4.78, 5) is 22.7. The predicted octanol–water partition coefficient (Wildman–Crippen LogP) is 1.35. The minimum atomic E-state index is -0.911. The third-order valence-electron chi connectivity index (χ3n) is 3.00. The Morgan fingerprint density at radius 2 is 2.16 bits per heavy atom. The summed E-state index contributed by atoms with van der Waals surface area (Å²) >= 11 is 0. The molecule has 0 aromatic rings. The monoisotopic (exact) mass is 272 g/mol. The minimum Gasteiger partial charge on any atom is -0.481 e.